The molecule has 0 amide bonds. The molecule has 21 heavy (non-hydrogen) atoms. The molecule has 2 rings (SSSR count). The first-order valence-corrected chi connectivity index (χ1v) is 8.22. The second kappa shape index (κ2) is 7.37. The molecular weight excluding hydrogens is 263 g/mol. The Balaban J connectivity index is 2.11. The van der Waals surface area contributed by atoms with Crippen LogP contribution in [-0.2, 0) is 6.42 Å². The zero-order chi connectivity index (χ0) is 15.3. The van der Waals surface area contributed by atoms with Crippen molar-refractivity contribution in [1.82, 2.24) is 4.90 Å². The van der Waals surface area contributed by atoms with Gasteiger partial charge in [0, 0.05) is 18.1 Å². The molecule has 1 fully saturated rings. The largest absolute Gasteiger partial charge is 0.329 e. The molecular formula is C18H29FN2. The van der Waals surface area contributed by atoms with Gasteiger partial charge in [-0.1, -0.05) is 37.8 Å². The van der Waals surface area contributed by atoms with Gasteiger partial charge in [0.1, 0.15) is 5.82 Å². The molecule has 0 aromatic heterocycles. The van der Waals surface area contributed by atoms with Crippen LogP contribution in [0.5, 0.6) is 0 Å². The maximum Gasteiger partial charge on any atom is 0.123 e. The van der Waals surface area contributed by atoms with Gasteiger partial charge in [0.25, 0.3) is 0 Å². The van der Waals surface area contributed by atoms with Crippen molar-refractivity contribution in [3.8, 4) is 0 Å². The first-order valence-electron chi connectivity index (χ1n) is 8.22. The van der Waals surface area contributed by atoms with Crippen molar-refractivity contribution >= 4 is 0 Å². The van der Waals surface area contributed by atoms with Gasteiger partial charge in [-0.15, -0.1) is 0 Å². The Bertz CT molecular complexity index is 441. The van der Waals surface area contributed by atoms with Crippen molar-refractivity contribution in [2.45, 2.75) is 63.5 Å². The van der Waals surface area contributed by atoms with Crippen LogP contribution in [0.15, 0.2) is 24.3 Å². The van der Waals surface area contributed by atoms with Crippen molar-refractivity contribution in [3.05, 3.63) is 35.6 Å². The van der Waals surface area contributed by atoms with Crippen molar-refractivity contribution in [2.75, 3.05) is 13.6 Å². The van der Waals surface area contributed by atoms with E-state index in [-0.39, 0.29) is 11.4 Å². The minimum atomic E-state index is -0.163. The highest BCUT2D eigenvalue weighted by Crippen LogP contribution is 2.28. The van der Waals surface area contributed by atoms with Gasteiger partial charge in [0.2, 0.25) is 0 Å². The van der Waals surface area contributed by atoms with E-state index in [4.69, 9.17) is 5.73 Å². The lowest BCUT2D eigenvalue weighted by molar-refractivity contribution is 0.0827. The first kappa shape index (κ1) is 16.4. The van der Waals surface area contributed by atoms with Crippen LogP contribution in [0.1, 0.15) is 51.0 Å². The highest BCUT2D eigenvalue weighted by Gasteiger charge is 2.33. The molecule has 0 saturated heterocycles. The molecule has 1 aliphatic carbocycles. The maximum absolute atomic E-state index is 13.4. The van der Waals surface area contributed by atoms with Crippen LogP contribution in [-0.4, -0.2) is 30.1 Å². The van der Waals surface area contributed by atoms with E-state index in [2.05, 4.69) is 18.9 Å². The van der Waals surface area contributed by atoms with Crippen LogP contribution in [0.4, 0.5) is 4.39 Å². The number of hydrogen-bond donors (Lipinski definition) is 1. The second-order valence-electron chi connectivity index (χ2n) is 6.76. The lowest BCUT2D eigenvalue weighted by atomic mass is 9.88. The third-order valence-corrected chi connectivity index (χ3v) is 5.14. The first-order chi connectivity index (χ1) is 10.0. The van der Waals surface area contributed by atoms with Crippen molar-refractivity contribution < 1.29 is 4.39 Å². The Labute approximate surface area is 128 Å². The molecule has 118 valence electrons. The minimum Gasteiger partial charge on any atom is -0.329 e. The van der Waals surface area contributed by atoms with Crippen LogP contribution in [0.2, 0.25) is 0 Å². The van der Waals surface area contributed by atoms with Crippen molar-refractivity contribution in [3.63, 3.8) is 0 Å². The molecule has 2 N–H and O–H groups in total. The zero-order valence-corrected chi connectivity index (χ0v) is 13.4. The Morgan fingerprint density at radius 2 is 1.90 bits per heavy atom. The summed E-state index contributed by atoms with van der Waals surface area (Å²) in [6.07, 6.45) is 8.66. The summed E-state index contributed by atoms with van der Waals surface area (Å²) >= 11 is 0. The van der Waals surface area contributed by atoms with E-state index in [0.29, 0.717) is 12.6 Å². The Morgan fingerprint density at radius 1 is 1.24 bits per heavy atom. The summed E-state index contributed by atoms with van der Waals surface area (Å²) in [5.74, 6) is -0.163. The molecule has 2 nitrogen and oxygen atoms in total. The zero-order valence-electron chi connectivity index (χ0n) is 13.4. The van der Waals surface area contributed by atoms with Crippen LogP contribution < -0.4 is 5.73 Å². The number of hydrogen-bond acceptors (Lipinski definition) is 2. The standard InChI is InChI=1S/C18H29FN2/c1-18(14-20,13-15-8-7-9-16(19)12-15)21(2)17-10-5-3-4-6-11-17/h7-9,12,17H,3-6,10-11,13-14,20H2,1-2H3. The maximum atomic E-state index is 13.4. The lowest BCUT2D eigenvalue weighted by Gasteiger charge is -2.43. The van der Waals surface area contributed by atoms with E-state index in [0.717, 1.165) is 12.0 Å². The average Bonchev–Trinajstić information content (AvgIpc) is 2.75. The summed E-state index contributed by atoms with van der Waals surface area (Å²) in [4.78, 5) is 2.46. The highest BCUT2D eigenvalue weighted by atomic mass is 19.1. The number of rotatable bonds is 5. The lowest BCUT2D eigenvalue weighted by Crippen LogP contribution is -2.55. The molecule has 1 aromatic carbocycles. The number of nitrogens with two attached hydrogens (primary N) is 1. The predicted octanol–water partition coefficient (Wildman–Crippen LogP) is 3.74. The Kier molecular flexibility index (Phi) is 5.77. The topological polar surface area (TPSA) is 29.3 Å². The highest BCUT2D eigenvalue weighted by molar-refractivity contribution is 5.19. The number of likely N-dealkylation sites (N-methyl/N-ethyl adjacent to an activating group) is 1. The van der Waals surface area contributed by atoms with E-state index in [9.17, 15) is 4.39 Å². The summed E-state index contributed by atoms with van der Waals surface area (Å²) in [5, 5.41) is 0. The molecule has 0 radical (unpaired) electrons. The molecule has 0 aliphatic heterocycles. The van der Waals surface area contributed by atoms with Gasteiger partial charge in [-0.05, 0) is 50.9 Å². The van der Waals surface area contributed by atoms with E-state index in [1.165, 1.54) is 44.6 Å². The summed E-state index contributed by atoms with van der Waals surface area (Å²) in [5.41, 5.74) is 7.03. The average molecular weight is 292 g/mol. The smallest absolute Gasteiger partial charge is 0.123 e. The SMILES string of the molecule is CN(C1CCCCCC1)C(C)(CN)Cc1cccc(F)c1. The van der Waals surface area contributed by atoms with E-state index >= 15 is 0 Å². The third-order valence-electron chi connectivity index (χ3n) is 5.14. The fourth-order valence-electron chi connectivity index (χ4n) is 3.51. The summed E-state index contributed by atoms with van der Waals surface area (Å²) in [6, 6.07) is 7.52. The van der Waals surface area contributed by atoms with Crippen molar-refractivity contribution in [2.24, 2.45) is 5.73 Å². The quantitative estimate of drug-likeness (QED) is 0.838. The predicted molar refractivity (Wildman–Crippen MR) is 86.8 cm³/mol. The minimum absolute atomic E-state index is 0.108. The molecule has 1 saturated carbocycles. The molecule has 0 spiro atoms. The molecule has 1 aromatic rings. The Hall–Kier alpha value is -0.930. The van der Waals surface area contributed by atoms with E-state index in [1.807, 2.05) is 6.07 Å². The number of nitrogens with zero attached hydrogens (tertiary/aromatic N) is 1. The van der Waals surface area contributed by atoms with E-state index in [1.54, 1.807) is 12.1 Å². The number of benzene rings is 1. The Morgan fingerprint density at radius 3 is 2.48 bits per heavy atom. The third kappa shape index (κ3) is 4.27. The monoisotopic (exact) mass is 292 g/mol. The summed E-state index contributed by atoms with van der Waals surface area (Å²) in [6.45, 7) is 2.80. The van der Waals surface area contributed by atoms with Crippen LogP contribution in [0, 0.1) is 5.82 Å². The van der Waals surface area contributed by atoms with Gasteiger partial charge >= 0.3 is 0 Å². The summed E-state index contributed by atoms with van der Waals surface area (Å²) < 4.78 is 13.4. The van der Waals surface area contributed by atoms with Gasteiger partial charge in [0.05, 0.1) is 0 Å². The second-order valence-corrected chi connectivity index (χ2v) is 6.76. The van der Waals surface area contributed by atoms with Gasteiger partial charge in [-0.3, -0.25) is 4.90 Å². The molecule has 3 heteroatoms. The van der Waals surface area contributed by atoms with Crippen LogP contribution >= 0.6 is 0 Å². The fraction of sp³-hybridized carbons (Fsp3) is 0.667. The van der Waals surface area contributed by atoms with Crippen molar-refractivity contribution in [1.29, 1.82) is 0 Å². The summed E-state index contributed by atoms with van der Waals surface area (Å²) in [7, 11) is 2.20. The molecule has 1 atom stereocenters. The van der Waals surface area contributed by atoms with Gasteiger partial charge in [0.15, 0.2) is 0 Å². The van der Waals surface area contributed by atoms with Crippen LogP contribution in [0.3, 0.4) is 0 Å². The van der Waals surface area contributed by atoms with Gasteiger partial charge in [-0.2, -0.15) is 0 Å². The van der Waals surface area contributed by atoms with Crippen LogP contribution in [0.25, 0.3) is 0 Å². The normalized spacial score (nSPS) is 20.2. The molecule has 1 aliphatic rings. The molecule has 0 heterocycles. The number of halogens is 1. The van der Waals surface area contributed by atoms with E-state index < -0.39 is 0 Å². The van der Waals surface area contributed by atoms with Gasteiger partial charge < -0.3 is 5.73 Å². The fourth-order valence-corrected chi connectivity index (χ4v) is 3.51. The molecule has 1 unspecified atom stereocenters. The molecule has 0 bridgehead atoms. The van der Waals surface area contributed by atoms with Gasteiger partial charge in [-0.25, -0.2) is 4.39 Å².